The first-order chi connectivity index (χ1) is 17.3. The van der Waals surface area contributed by atoms with Crippen molar-refractivity contribution in [3.63, 3.8) is 0 Å². The van der Waals surface area contributed by atoms with E-state index in [2.05, 4.69) is 0 Å². The minimum atomic E-state index is -0.802. The summed E-state index contributed by atoms with van der Waals surface area (Å²) in [5.74, 6) is -0.112. The number of carbonyl (C=O) groups is 2. The molecular formula is C28H35NO7. The van der Waals surface area contributed by atoms with Gasteiger partial charge in [-0.15, -0.1) is 0 Å². The molecule has 0 bridgehead atoms. The summed E-state index contributed by atoms with van der Waals surface area (Å²) in [6, 6.07) is 11.3. The van der Waals surface area contributed by atoms with Crippen LogP contribution in [0.4, 0.5) is 0 Å². The number of likely N-dealkylation sites (tertiary alicyclic amines) is 1. The molecular weight excluding hydrogens is 462 g/mol. The van der Waals surface area contributed by atoms with Gasteiger partial charge in [-0.1, -0.05) is 25.1 Å². The number of hydrogen-bond acceptors (Lipinski definition) is 7. The third kappa shape index (κ3) is 5.99. The first kappa shape index (κ1) is 27.1. The zero-order valence-electron chi connectivity index (χ0n) is 21.6. The zero-order chi connectivity index (χ0) is 26.2. The number of carbonyl (C=O) groups excluding carboxylic acids is 2. The topological polar surface area (TPSA) is 94.5 Å². The highest BCUT2D eigenvalue weighted by atomic mass is 16.5. The van der Waals surface area contributed by atoms with Crippen molar-refractivity contribution in [1.82, 2.24) is 4.90 Å². The van der Waals surface area contributed by atoms with Crippen LogP contribution in [0.15, 0.2) is 48.0 Å². The van der Waals surface area contributed by atoms with Crippen LogP contribution in [-0.4, -0.2) is 61.8 Å². The lowest BCUT2D eigenvalue weighted by Gasteiger charge is -2.26. The monoisotopic (exact) mass is 497 g/mol. The van der Waals surface area contributed by atoms with Crippen LogP contribution in [0.3, 0.4) is 0 Å². The summed E-state index contributed by atoms with van der Waals surface area (Å²) in [6.45, 7) is 7.13. The number of aliphatic hydroxyl groups excluding tert-OH is 1. The average Bonchev–Trinajstić information content (AvgIpc) is 3.14. The molecule has 1 fully saturated rings. The van der Waals surface area contributed by atoms with Gasteiger partial charge in [-0.3, -0.25) is 9.59 Å². The Bertz CT molecular complexity index is 1110. The highest BCUT2D eigenvalue weighted by Gasteiger charge is 2.46. The molecule has 194 valence electrons. The molecule has 1 amide bonds. The number of ketones is 1. The maximum Gasteiger partial charge on any atom is 0.295 e. The standard InChI is InChI=1S/C28H35NO7/c1-6-14-36-21-10-7-9-20(16-21)26(30)24-25(19-11-12-22(33-4)23(17-19)34-5)29(28(32)27(24)31)13-8-15-35-18(2)3/h7,9-12,16-18,25,30H,6,8,13-15H2,1-5H3/b26-24-. The van der Waals surface area contributed by atoms with E-state index in [4.69, 9.17) is 18.9 Å². The second kappa shape index (κ2) is 12.4. The van der Waals surface area contributed by atoms with E-state index in [1.54, 1.807) is 42.5 Å². The van der Waals surface area contributed by atoms with Gasteiger partial charge < -0.3 is 29.0 Å². The molecule has 2 aromatic carbocycles. The zero-order valence-corrected chi connectivity index (χ0v) is 21.6. The molecule has 0 radical (unpaired) electrons. The number of amides is 1. The van der Waals surface area contributed by atoms with Gasteiger partial charge in [0.15, 0.2) is 11.5 Å². The maximum atomic E-state index is 13.3. The summed E-state index contributed by atoms with van der Waals surface area (Å²) in [7, 11) is 3.05. The number of Topliss-reactive ketones (excluding diaryl/α,β-unsaturated/α-hetero) is 1. The molecule has 8 heteroatoms. The fourth-order valence-electron chi connectivity index (χ4n) is 4.14. The Balaban J connectivity index is 2.08. The van der Waals surface area contributed by atoms with Crippen LogP contribution in [0.2, 0.25) is 0 Å². The first-order valence-electron chi connectivity index (χ1n) is 12.2. The molecule has 0 spiro atoms. The van der Waals surface area contributed by atoms with Gasteiger partial charge in [-0.05, 0) is 56.5 Å². The number of aliphatic hydroxyl groups is 1. The molecule has 1 aliphatic heterocycles. The highest BCUT2D eigenvalue weighted by molar-refractivity contribution is 6.46. The molecule has 8 nitrogen and oxygen atoms in total. The number of ether oxygens (including phenoxy) is 4. The van der Waals surface area contributed by atoms with Gasteiger partial charge in [-0.25, -0.2) is 0 Å². The van der Waals surface area contributed by atoms with Gasteiger partial charge in [0.2, 0.25) is 0 Å². The molecule has 1 heterocycles. The predicted molar refractivity (Wildman–Crippen MR) is 136 cm³/mol. The Morgan fingerprint density at radius 1 is 1.03 bits per heavy atom. The summed E-state index contributed by atoms with van der Waals surface area (Å²) >= 11 is 0. The Hall–Kier alpha value is -3.52. The van der Waals surface area contributed by atoms with Crippen molar-refractivity contribution < 1.29 is 33.6 Å². The largest absolute Gasteiger partial charge is 0.507 e. The molecule has 1 unspecified atom stereocenters. The van der Waals surface area contributed by atoms with Gasteiger partial charge in [0.1, 0.15) is 11.5 Å². The van der Waals surface area contributed by atoms with Gasteiger partial charge in [0, 0.05) is 18.7 Å². The van der Waals surface area contributed by atoms with Crippen molar-refractivity contribution in [2.45, 2.75) is 45.8 Å². The van der Waals surface area contributed by atoms with Crippen molar-refractivity contribution in [3.8, 4) is 17.2 Å². The van der Waals surface area contributed by atoms with Gasteiger partial charge in [0.25, 0.3) is 11.7 Å². The molecule has 0 saturated carbocycles. The number of rotatable bonds is 12. The Kier molecular flexibility index (Phi) is 9.36. The fraction of sp³-hybridized carbons (Fsp3) is 0.429. The van der Waals surface area contributed by atoms with E-state index in [0.29, 0.717) is 48.0 Å². The molecule has 0 aromatic heterocycles. The summed E-state index contributed by atoms with van der Waals surface area (Å²) in [5, 5.41) is 11.3. The number of nitrogens with zero attached hydrogens (tertiary/aromatic N) is 1. The molecule has 1 saturated heterocycles. The lowest BCUT2D eigenvalue weighted by atomic mass is 9.95. The molecule has 1 aliphatic rings. The van der Waals surface area contributed by atoms with Crippen LogP contribution >= 0.6 is 0 Å². The van der Waals surface area contributed by atoms with Gasteiger partial charge >= 0.3 is 0 Å². The molecule has 2 aromatic rings. The van der Waals surface area contributed by atoms with Crippen LogP contribution < -0.4 is 14.2 Å². The average molecular weight is 498 g/mol. The smallest absolute Gasteiger partial charge is 0.295 e. The van der Waals surface area contributed by atoms with Crippen LogP contribution in [0.25, 0.3) is 5.76 Å². The third-order valence-electron chi connectivity index (χ3n) is 5.84. The van der Waals surface area contributed by atoms with E-state index in [9.17, 15) is 14.7 Å². The first-order valence-corrected chi connectivity index (χ1v) is 12.2. The summed E-state index contributed by atoms with van der Waals surface area (Å²) < 4.78 is 22.1. The number of benzene rings is 2. The second-order valence-electron chi connectivity index (χ2n) is 8.76. The Morgan fingerprint density at radius 2 is 1.78 bits per heavy atom. The fourth-order valence-corrected chi connectivity index (χ4v) is 4.14. The van der Waals surface area contributed by atoms with E-state index in [-0.39, 0.29) is 24.0 Å². The molecule has 1 N–H and O–H groups in total. The van der Waals surface area contributed by atoms with Crippen molar-refractivity contribution in [1.29, 1.82) is 0 Å². The van der Waals surface area contributed by atoms with Crippen LogP contribution in [-0.2, 0) is 14.3 Å². The predicted octanol–water partition coefficient (Wildman–Crippen LogP) is 4.73. The van der Waals surface area contributed by atoms with Crippen LogP contribution in [0.1, 0.15) is 50.8 Å². The van der Waals surface area contributed by atoms with E-state index >= 15 is 0 Å². The normalized spacial score (nSPS) is 17.1. The van der Waals surface area contributed by atoms with Crippen LogP contribution in [0, 0.1) is 0 Å². The van der Waals surface area contributed by atoms with E-state index in [1.165, 1.54) is 19.1 Å². The van der Waals surface area contributed by atoms with Crippen molar-refractivity contribution in [3.05, 3.63) is 59.2 Å². The van der Waals surface area contributed by atoms with E-state index in [1.807, 2.05) is 20.8 Å². The number of hydrogen-bond donors (Lipinski definition) is 1. The highest BCUT2D eigenvalue weighted by Crippen LogP contribution is 2.42. The van der Waals surface area contributed by atoms with Crippen molar-refractivity contribution in [2.75, 3.05) is 34.0 Å². The maximum absolute atomic E-state index is 13.3. The lowest BCUT2D eigenvalue weighted by molar-refractivity contribution is -0.140. The molecule has 36 heavy (non-hydrogen) atoms. The summed E-state index contributed by atoms with van der Waals surface area (Å²) in [4.78, 5) is 27.9. The van der Waals surface area contributed by atoms with Crippen molar-refractivity contribution >= 4 is 17.4 Å². The number of methoxy groups -OCH3 is 2. The van der Waals surface area contributed by atoms with Gasteiger partial charge in [0.05, 0.1) is 38.5 Å². The Labute approximate surface area is 212 Å². The van der Waals surface area contributed by atoms with E-state index < -0.39 is 17.7 Å². The molecule has 0 aliphatic carbocycles. The third-order valence-corrected chi connectivity index (χ3v) is 5.84. The quantitative estimate of drug-likeness (QED) is 0.196. The Morgan fingerprint density at radius 3 is 2.44 bits per heavy atom. The summed E-state index contributed by atoms with van der Waals surface area (Å²) in [5.41, 5.74) is 1.04. The minimum absolute atomic E-state index is 0.0182. The van der Waals surface area contributed by atoms with E-state index in [0.717, 1.165) is 6.42 Å². The molecule has 1 atom stereocenters. The lowest BCUT2D eigenvalue weighted by Crippen LogP contribution is -2.31. The summed E-state index contributed by atoms with van der Waals surface area (Å²) in [6.07, 6.45) is 1.43. The van der Waals surface area contributed by atoms with Crippen LogP contribution in [0.5, 0.6) is 17.2 Å². The SMILES string of the molecule is CCCOc1cccc(/C(O)=C2/C(=O)C(=O)N(CCCOC(C)C)C2c2ccc(OC)c(OC)c2)c1. The second-order valence-corrected chi connectivity index (χ2v) is 8.76. The molecule has 3 rings (SSSR count). The van der Waals surface area contributed by atoms with Gasteiger partial charge in [-0.2, -0.15) is 0 Å². The minimum Gasteiger partial charge on any atom is -0.507 e. The van der Waals surface area contributed by atoms with Crippen molar-refractivity contribution in [2.24, 2.45) is 0 Å².